The fraction of sp³-hybridized carbons (Fsp3) is 0.385. The minimum atomic E-state index is -0.0382. The summed E-state index contributed by atoms with van der Waals surface area (Å²) < 4.78 is 0. The lowest BCUT2D eigenvalue weighted by Crippen LogP contribution is -2.36. The molecule has 0 amide bonds. The molecule has 0 radical (unpaired) electrons. The lowest BCUT2D eigenvalue weighted by atomic mass is 9.90. The number of rotatable bonds is 5. The van der Waals surface area contributed by atoms with Crippen molar-refractivity contribution in [1.82, 2.24) is 20.1 Å². The Kier molecular flexibility index (Phi) is 5.47. The molecular formula is C26H31N5O. The van der Waals surface area contributed by atoms with Gasteiger partial charge in [-0.25, -0.2) is 0 Å². The Hall–Kier alpha value is -3.12. The molecule has 1 aliphatic rings. The average molecular weight is 430 g/mol. The van der Waals surface area contributed by atoms with Gasteiger partial charge in [-0.3, -0.25) is 9.89 Å². The van der Waals surface area contributed by atoms with Crippen molar-refractivity contribution in [3.63, 3.8) is 0 Å². The normalized spacial score (nSPS) is 20.1. The maximum absolute atomic E-state index is 12.8. The van der Waals surface area contributed by atoms with E-state index in [4.69, 9.17) is 0 Å². The summed E-state index contributed by atoms with van der Waals surface area (Å²) in [4.78, 5) is 18.2. The molecule has 2 heterocycles. The van der Waals surface area contributed by atoms with Crippen molar-refractivity contribution in [2.45, 2.75) is 50.6 Å². The molecule has 6 heteroatoms. The maximum Gasteiger partial charge on any atom is 0.252 e. The third-order valence-electron chi connectivity index (χ3n) is 7.09. The lowest BCUT2D eigenvalue weighted by Gasteiger charge is -2.33. The molecule has 1 saturated carbocycles. The van der Waals surface area contributed by atoms with Gasteiger partial charge in [0.15, 0.2) is 5.82 Å². The SMILES string of the molecule is CC(c1ccccc1)c1cc2cc3c(NC4CCC(N(C)C)CC4)n[nH]c3cc2[nH]c1=O. The van der Waals surface area contributed by atoms with E-state index >= 15 is 0 Å². The largest absolute Gasteiger partial charge is 0.365 e. The van der Waals surface area contributed by atoms with Crippen LogP contribution in [0.5, 0.6) is 0 Å². The first-order valence-electron chi connectivity index (χ1n) is 11.5. The van der Waals surface area contributed by atoms with Crippen molar-refractivity contribution in [3.05, 3.63) is 70.0 Å². The molecule has 166 valence electrons. The number of fused-ring (bicyclic) bond motifs is 2. The van der Waals surface area contributed by atoms with E-state index in [9.17, 15) is 4.79 Å². The van der Waals surface area contributed by atoms with E-state index in [0.29, 0.717) is 12.1 Å². The van der Waals surface area contributed by atoms with E-state index in [2.05, 4.69) is 64.6 Å². The number of pyridine rings is 1. The Morgan fingerprint density at radius 1 is 1.03 bits per heavy atom. The van der Waals surface area contributed by atoms with Crippen LogP contribution in [0.25, 0.3) is 21.8 Å². The fourth-order valence-corrected chi connectivity index (χ4v) is 5.02. The topological polar surface area (TPSA) is 76.8 Å². The predicted octanol–water partition coefficient (Wildman–Crippen LogP) is 4.84. The molecule has 2 aromatic heterocycles. The molecule has 1 unspecified atom stereocenters. The standard InChI is InChI=1S/C26H31N5O/c1-16(17-7-5-4-6-8-17)21-13-18-14-22-24(15-23(18)28-26(21)32)29-30-25(22)27-19-9-11-20(12-10-19)31(2)3/h4-8,13-16,19-20H,9-12H2,1-3H3,(H,28,32)(H2,27,29,30). The molecule has 0 saturated heterocycles. The van der Waals surface area contributed by atoms with Gasteiger partial charge in [-0.05, 0) is 68.9 Å². The number of aromatic amines is 2. The van der Waals surface area contributed by atoms with Crippen LogP contribution in [0.15, 0.2) is 53.3 Å². The first-order chi connectivity index (χ1) is 15.5. The van der Waals surface area contributed by atoms with Gasteiger partial charge in [-0.1, -0.05) is 37.3 Å². The third-order valence-corrected chi connectivity index (χ3v) is 7.09. The highest BCUT2D eigenvalue weighted by Crippen LogP contribution is 2.30. The Labute approximate surface area is 188 Å². The Balaban J connectivity index is 1.46. The van der Waals surface area contributed by atoms with E-state index in [0.717, 1.165) is 51.6 Å². The van der Waals surface area contributed by atoms with Crippen molar-refractivity contribution in [3.8, 4) is 0 Å². The molecule has 4 aromatic rings. The van der Waals surface area contributed by atoms with Crippen molar-refractivity contribution < 1.29 is 0 Å². The second-order valence-electron chi connectivity index (χ2n) is 9.36. The average Bonchev–Trinajstić information content (AvgIpc) is 3.19. The molecule has 6 nitrogen and oxygen atoms in total. The van der Waals surface area contributed by atoms with Crippen LogP contribution in [0, 0.1) is 0 Å². The molecule has 1 atom stereocenters. The highest BCUT2D eigenvalue weighted by molar-refractivity contribution is 6.00. The van der Waals surface area contributed by atoms with Gasteiger partial charge in [0.2, 0.25) is 0 Å². The zero-order chi connectivity index (χ0) is 22.2. The number of H-pyrrole nitrogens is 2. The molecule has 2 aromatic carbocycles. The van der Waals surface area contributed by atoms with E-state index in [-0.39, 0.29) is 11.5 Å². The molecule has 1 aliphatic carbocycles. The minimum Gasteiger partial charge on any atom is -0.365 e. The summed E-state index contributed by atoms with van der Waals surface area (Å²) in [6, 6.07) is 17.4. The molecule has 32 heavy (non-hydrogen) atoms. The van der Waals surface area contributed by atoms with Gasteiger partial charge in [-0.2, -0.15) is 5.10 Å². The highest BCUT2D eigenvalue weighted by Gasteiger charge is 2.23. The highest BCUT2D eigenvalue weighted by atomic mass is 16.1. The molecule has 5 rings (SSSR count). The van der Waals surface area contributed by atoms with E-state index in [1.807, 2.05) is 30.3 Å². The van der Waals surface area contributed by atoms with Crippen LogP contribution >= 0.6 is 0 Å². The monoisotopic (exact) mass is 429 g/mol. The van der Waals surface area contributed by atoms with Crippen molar-refractivity contribution in [2.24, 2.45) is 0 Å². The van der Waals surface area contributed by atoms with Crippen LogP contribution in [-0.4, -0.2) is 46.3 Å². The van der Waals surface area contributed by atoms with Gasteiger partial charge >= 0.3 is 0 Å². The number of hydrogen-bond donors (Lipinski definition) is 3. The van der Waals surface area contributed by atoms with Gasteiger partial charge in [0.25, 0.3) is 5.56 Å². The Bertz CT molecular complexity index is 1280. The quantitative estimate of drug-likeness (QED) is 0.424. The van der Waals surface area contributed by atoms with E-state index in [1.54, 1.807) is 0 Å². The van der Waals surface area contributed by atoms with Gasteiger partial charge < -0.3 is 15.2 Å². The number of anilines is 1. The Morgan fingerprint density at radius 2 is 1.78 bits per heavy atom. The zero-order valence-corrected chi connectivity index (χ0v) is 19.0. The maximum atomic E-state index is 12.8. The molecule has 3 N–H and O–H groups in total. The number of hydrogen-bond acceptors (Lipinski definition) is 4. The lowest BCUT2D eigenvalue weighted by molar-refractivity contribution is 0.221. The second kappa shape index (κ2) is 8.43. The first kappa shape index (κ1) is 20.8. The van der Waals surface area contributed by atoms with Crippen LogP contribution in [0.2, 0.25) is 0 Å². The van der Waals surface area contributed by atoms with Crippen molar-refractivity contribution in [1.29, 1.82) is 0 Å². The number of benzene rings is 2. The van der Waals surface area contributed by atoms with E-state index < -0.39 is 0 Å². The van der Waals surface area contributed by atoms with Gasteiger partial charge in [0.05, 0.1) is 11.0 Å². The molecule has 1 fully saturated rings. The molecular weight excluding hydrogens is 398 g/mol. The summed E-state index contributed by atoms with van der Waals surface area (Å²) in [6.45, 7) is 2.08. The fourth-order valence-electron chi connectivity index (χ4n) is 5.02. The molecule has 0 bridgehead atoms. The van der Waals surface area contributed by atoms with Crippen LogP contribution < -0.4 is 10.9 Å². The number of nitrogens with one attached hydrogen (secondary N) is 3. The van der Waals surface area contributed by atoms with E-state index in [1.165, 1.54) is 12.8 Å². The molecule has 0 spiro atoms. The van der Waals surface area contributed by atoms with Gasteiger partial charge in [0, 0.05) is 29.0 Å². The minimum absolute atomic E-state index is 0.0221. The van der Waals surface area contributed by atoms with Crippen LogP contribution in [0.3, 0.4) is 0 Å². The summed E-state index contributed by atoms with van der Waals surface area (Å²) in [5.41, 5.74) is 3.64. The number of nitrogens with zero attached hydrogens (tertiary/aromatic N) is 2. The molecule has 0 aliphatic heterocycles. The number of aromatic nitrogens is 3. The smallest absolute Gasteiger partial charge is 0.252 e. The zero-order valence-electron chi connectivity index (χ0n) is 19.0. The van der Waals surface area contributed by atoms with Crippen LogP contribution in [0.4, 0.5) is 5.82 Å². The van der Waals surface area contributed by atoms with Crippen LogP contribution in [-0.2, 0) is 0 Å². The van der Waals surface area contributed by atoms with Crippen molar-refractivity contribution in [2.75, 3.05) is 19.4 Å². The van der Waals surface area contributed by atoms with Crippen LogP contribution in [0.1, 0.15) is 49.7 Å². The summed E-state index contributed by atoms with van der Waals surface area (Å²) >= 11 is 0. The second-order valence-corrected chi connectivity index (χ2v) is 9.36. The summed E-state index contributed by atoms with van der Waals surface area (Å²) in [5, 5.41) is 13.5. The third kappa shape index (κ3) is 3.91. The van der Waals surface area contributed by atoms with Gasteiger partial charge in [-0.15, -0.1) is 0 Å². The summed E-state index contributed by atoms with van der Waals surface area (Å²) in [5.74, 6) is 0.924. The first-order valence-corrected chi connectivity index (χ1v) is 11.5. The summed E-state index contributed by atoms with van der Waals surface area (Å²) in [6.07, 6.45) is 4.71. The predicted molar refractivity (Wildman–Crippen MR) is 132 cm³/mol. The van der Waals surface area contributed by atoms with Crippen molar-refractivity contribution >= 4 is 27.6 Å². The van der Waals surface area contributed by atoms with Gasteiger partial charge in [0.1, 0.15) is 0 Å². The summed E-state index contributed by atoms with van der Waals surface area (Å²) in [7, 11) is 4.34. The Morgan fingerprint density at radius 3 is 2.50 bits per heavy atom.